The van der Waals surface area contributed by atoms with Crippen molar-refractivity contribution >= 4 is 33.3 Å². The number of nitrogens with zero attached hydrogens (tertiary/aromatic N) is 2. The van der Waals surface area contributed by atoms with E-state index in [0.717, 1.165) is 22.5 Å². The predicted octanol–water partition coefficient (Wildman–Crippen LogP) is 2.57. The molecule has 11 nitrogen and oxygen atoms in total. The number of carbonyl (C=O) groups is 2. The van der Waals surface area contributed by atoms with E-state index in [4.69, 9.17) is 4.74 Å². The van der Waals surface area contributed by atoms with Crippen LogP contribution in [0, 0.1) is 15.9 Å². The number of anilines is 1. The first kappa shape index (κ1) is 27.0. The summed E-state index contributed by atoms with van der Waals surface area (Å²) >= 11 is 0. The number of ether oxygens (including phenoxy) is 2. The lowest BCUT2D eigenvalue weighted by molar-refractivity contribution is -0.384. The Morgan fingerprint density at radius 3 is 2.42 bits per heavy atom. The van der Waals surface area contributed by atoms with Crippen LogP contribution in [0.15, 0.2) is 41.3 Å². The molecule has 1 heterocycles. The number of halogens is 4. The summed E-state index contributed by atoms with van der Waals surface area (Å²) < 4.78 is 88.9. The molecule has 1 aliphatic rings. The molecule has 0 atom stereocenters. The number of esters is 1. The van der Waals surface area contributed by atoms with Crippen LogP contribution in [0.5, 0.6) is 0 Å². The molecule has 0 bridgehead atoms. The number of nitro benzene ring substituents is 1. The van der Waals surface area contributed by atoms with Crippen LogP contribution in [-0.2, 0) is 30.5 Å². The van der Waals surface area contributed by atoms with E-state index in [1.54, 1.807) is 0 Å². The number of nitrogens with one attached hydrogen (secondary N) is 1. The molecular weight excluding hydrogens is 518 g/mol. The number of hydrogen-bond acceptors (Lipinski definition) is 8. The minimum Gasteiger partial charge on any atom is -0.452 e. The van der Waals surface area contributed by atoms with E-state index in [9.17, 15) is 45.7 Å². The van der Waals surface area contributed by atoms with E-state index in [1.165, 1.54) is 0 Å². The first-order valence-electron chi connectivity index (χ1n) is 10.0. The fourth-order valence-electron chi connectivity index (χ4n) is 3.12. The minimum atomic E-state index is -4.86. The van der Waals surface area contributed by atoms with Gasteiger partial charge in [0, 0.05) is 19.2 Å². The molecule has 0 saturated carbocycles. The number of rotatable bonds is 7. The number of amides is 1. The fourth-order valence-corrected chi connectivity index (χ4v) is 4.55. The summed E-state index contributed by atoms with van der Waals surface area (Å²) in [4.78, 5) is 33.9. The SMILES string of the molecule is O=C(COC(=O)c1cc(S(=O)(=O)N2CCOCC2)ccc1F)Nc1ccc(C(F)(F)F)cc1[N+](=O)[O-]. The zero-order valence-corrected chi connectivity index (χ0v) is 18.9. The zero-order valence-electron chi connectivity index (χ0n) is 18.1. The molecule has 1 aliphatic heterocycles. The van der Waals surface area contributed by atoms with Crippen LogP contribution in [0.25, 0.3) is 0 Å². The topological polar surface area (TPSA) is 145 Å². The van der Waals surface area contributed by atoms with Crippen LogP contribution in [0.4, 0.5) is 28.9 Å². The molecule has 0 aliphatic carbocycles. The molecule has 2 aromatic carbocycles. The number of benzene rings is 2. The maximum atomic E-state index is 14.2. The Balaban J connectivity index is 1.71. The largest absolute Gasteiger partial charge is 0.452 e. The first-order chi connectivity index (χ1) is 16.8. The van der Waals surface area contributed by atoms with Crippen LogP contribution in [0.2, 0.25) is 0 Å². The smallest absolute Gasteiger partial charge is 0.416 e. The summed E-state index contributed by atoms with van der Waals surface area (Å²) in [6.07, 6.45) is -4.86. The van der Waals surface area contributed by atoms with Crippen molar-refractivity contribution in [2.75, 3.05) is 38.2 Å². The summed E-state index contributed by atoms with van der Waals surface area (Å²) in [5.74, 6) is -3.73. The number of alkyl halides is 3. The van der Waals surface area contributed by atoms with Gasteiger partial charge in [0.25, 0.3) is 11.6 Å². The highest BCUT2D eigenvalue weighted by Crippen LogP contribution is 2.35. The second-order valence-electron chi connectivity index (χ2n) is 7.27. The molecule has 0 radical (unpaired) electrons. The molecule has 194 valence electrons. The second-order valence-corrected chi connectivity index (χ2v) is 9.21. The van der Waals surface area contributed by atoms with Gasteiger partial charge in [-0.2, -0.15) is 17.5 Å². The molecule has 36 heavy (non-hydrogen) atoms. The molecule has 0 spiro atoms. The molecule has 3 rings (SSSR count). The molecule has 1 saturated heterocycles. The van der Waals surface area contributed by atoms with Crippen LogP contribution < -0.4 is 5.32 Å². The van der Waals surface area contributed by atoms with Gasteiger partial charge in [-0.15, -0.1) is 0 Å². The standard InChI is InChI=1S/C20H17F4N3O8S/c21-15-3-2-13(36(32,33)26-5-7-34-8-6-26)10-14(15)19(29)35-11-18(28)25-16-4-1-12(20(22,23)24)9-17(16)27(30)31/h1-4,9-10H,5-8,11H2,(H,25,28). The third-order valence-electron chi connectivity index (χ3n) is 4.90. The molecule has 0 unspecified atom stereocenters. The van der Waals surface area contributed by atoms with E-state index in [-0.39, 0.29) is 32.4 Å². The van der Waals surface area contributed by atoms with Crippen molar-refractivity contribution in [1.82, 2.24) is 4.31 Å². The zero-order chi connectivity index (χ0) is 26.7. The Labute approximate surface area is 200 Å². The lowest BCUT2D eigenvalue weighted by Crippen LogP contribution is -2.40. The number of morpholine rings is 1. The van der Waals surface area contributed by atoms with Gasteiger partial charge in [0.05, 0.1) is 34.2 Å². The summed E-state index contributed by atoms with van der Waals surface area (Å²) in [6.45, 7) is -0.689. The van der Waals surface area contributed by atoms with Gasteiger partial charge in [0.1, 0.15) is 11.5 Å². The third kappa shape index (κ3) is 6.13. The van der Waals surface area contributed by atoms with E-state index in [1.807, 2.05) is 5.32 Å². The summed E-state index contributed by atoms with van der Waals surface area (Å²) in [7, 11) is -4.08. The molecule has 16 heteroatoms. The minimum absolute atomic E-state index is 0.0513. The molecule has 1 amide bonds. The van der Waals surface area contributed by atoms with Gasteiger partial charge in [-0.05, 0) is 30.3 Å². The van der Waals surface area contributed by atoms with Crippen LogP contribution in [-0.4, -0.2) is 62.4 Å². The Bertz CT molecular complexity index is 1290. The quantitative estimate of drug-likeness (QED) is 0.247. The maximum absolute atomic E-state index is 14.2. The highest BCUT2D eigenvalue weighted by Gasteiger charge is 2.33. The van der Waals surface area contributed by atoms with E-state index in [2.05, 4.69) is 4.74 Å². The lowest BCUT2D eigenvalue weighted by Gasteiger charge is -2.26. The highest BCUT2D eigenvalue weighted by molar-refractivity contribution is 7.89. The van der Waals surface area contributed by atoms with E-state index >= 15 is 0 Å². The summed E-state index contributed by atoms with van der Waals surface area (Å²) in [6, 6.07) is 3.80. The van der Waals surface area contributed by atoms with Gasteiger partial charge in [-0.1, -0.05) is 0 Å². The molecule has 1 N–H and O–H groups in total. The monoisotopic (exact) mass is 535 g/mol. The first-order valence-corrected chi connectivity index (χ1v) is 11.4. The normalized spacial score (nSPS) is 14.8. The van der Waals surface area contributed by atoms with Crippen molar-refractivity contribution in [1.29, 1.82) is 0 Å². The van der Waals surface area contributed by atoms with Gasteiger partial charge in [0.15, 0.2) is 6.61 Å². The Hall–Kier alpha value is -3.63. The molecule has 0 aromatic heterocycles. The number of hydrogen-bond donors (Lipinski definition) is 1. The van der Waals surface area contributed by atoms with Crippen molar-refractivity contribution in [3.8, 4) is 0 Å². The molecule has 1 fully saturated rings. The Morgan fingerprint density at radius 1 is 1.14 bits per heavy atom. The Kier molecular flexibility index (Phi) is 7.90. The number of sulfonamides is 1. The summed E-state index contributed by atoms with van der Waals surface area (Å²) in [5.41, 5.74) is -3.77. The maximum Gasteiger partial charge on any atom is 0.416 e. The van der Waals surface area contributed by atoms with Crippen LogP contribution >= 0.6 is 0 Å². The van der Waals surface area contributed by atoms with Crippen molar-refractivity contribution in [3.63, 3.8) is 0 Å². The third-order valence-corrected chi connectivity index (χ3v) is 6.79. The second kappa shape index (κ2) is 10.5. The lowest BCUT2D eigenvalue weighted by atomic mass is 10.1. The average Bonchev–Trinajstić information content (AvgIpc) is 2.82. The predicted molar refractivity (Wildman–Crippen MR) is 113 cm³/mol. The molecular formula is C20H17F4N3O8S. The van der Waals surface area contributed by atoms with E-state index < -0.39 is 72.8 Å². The molecule has 2 aromatic rings. The van der Waals surface area contributed by atoms with Crippen LogP contribution in [0.1, 0.15) is 15.9 Å². The van der Waals surface area contributed by atoms with Gasteiger partial charge in [0.2, 0.25) is 10.0 Å². The van der Waals surface area contributed by atoms with Gasteiger partial charge >= 0.3 is 12.1 Å². The van der Waals surface area contributed by atoms with Crippen molar-refractivity contribution < 1.29 is 50.0 Å². The van der Waals surface area contributed by atoms with E-state index in [0.29, 0.717) is 12.1 Å². The number of carbonyl (C=O) groups excluding carboxylic acids is 2. The average molecular weight is 535 g/mol. The van der Waals surface area contributed by atoms with Crippen molar-refractivity contribution in [2.45, 2.75) is 11.1 Å². The van der Waals surface area contributed by atoms with Gasteiger partial charge < -0.3 is 14.8 Å². The van der Waals surface area contributed by atoms with Crippen molar-refractivity contribution in [3.05, 3.63) is 63.5 Å². The highest BCUT2D eigenvalue weighted by atomic mass is 32.2. The van der Waals surface area contributed by atoms with Gasteiger partial charge in [-0.25, -0.2) is 17.6 Å². The van der Waals surface area contributed by atoms with Crippen molar-refractivity contribution in [2.24, 2.45) is 0 Å². The fraction of sp³-hybridized carbons (Fsp3) is 0.300. The van der Waals surface area contributed by atoms with Gasteiger partial charge in [-0.3, -0.25) is 14.9 Å². The summed E-state index contributed by atoms with van der Waals surface area (Å²) in [5, 5.41) is 13.0. The van der Waals surface area contributed by atoms with Crippen LogP contribution in [0.3, 0.4) is 0 Å². The Morgan fingerprint density at radius 2 is 1.81 bits per heavy atom. The number of nitro groups is 1.